The van der Waals surface area contributed by atoms with Gasteiger partial charge in [0.15, 0.2) is 5.78 Å². The number of Topliss-reactive ketones (excluding diaryl/α,β-unsaturated/α-hetero) is 1. The topological polar surface area (TPSA) is 17.1 Å². The van der Waals surface area contributed by atoms with Gasteiger partial charge in [-0.15, -0.1) is 0 Å². The maximum absolute atomic E-state index is 12.7. The largest absolute Gasteiger partial charge is 0.294 e. The first-order valence-electron chi connectivity index (χ1n) is 4.50. The van der Waals surface area contributed by atoms with E-state index in [1.54, 1.807) is 6.92 Å². The van der Waals surface area contributed by atoms with E-state index in [2.05, 4.69) is 6.58 Å². The monoisotopic (exact) mass is 188 g/mol. The minimum absolute atomic E-state index is 0.0458. The molecule has 0 aliphatic heterocycles. The fourth-order valence-corrected chi connectivity index (χ4v) is 1.65. The van der Waals surface area contributed by atoms with Crippen LogP contribution in [0.2, 0.25) is 0 Å². The standard InChI is InChI=1S/C10H14F2O/c1-7(2)9(13)8-3-5-10(11,12)6-4-8/h8H,1,3-6H2,2H3. The van der Waals surface area contributed by atoms with Crippen LogP contribution < -0.4 is 0 Å². The smallest absolute Gasteiger partial charge is 0.248 e. The second-order valence-corrected chi connectivity index (χ2v) is 3.77. The van der Waals surface area contributed by atoms with Gasteiger partial charge in [-0.05, 0) is 25.3 Å². The second kappa shape index (κ2) is 3.56. The van der Waals surface area contributed by atoms with Gasteiger partial charge >= 0.3 is 0 Å². The molecule has 0 aromatic carbocycles. The zero-order valence-corrected chi connectivity index (χ0v) is 7.78. The van der Waals surface area contributed by atoms with Crippen molar-refractivity contribution in [2.75, 3.05) is 0 Å². The maximum Gasteiger partial charge on any atom is 0.248 e. The molecule has 0 aromatic rings. The van der Waals surface area contributed by atoms with Crippen LogP contribution in [0.25, 0.3) is 0 Å². The Bertz CT molecular complexity index is 223. The van der Waals surface area contributed by atoms with Crippen LogP contribution in [0.3, 0.4) is 0 Å². The maximum atomic E-state index is 12.7. The van der Waals surface area contributed by atoms with Crippen LogP contribution in [-0.4, -0.2) is 11.7 Å². The van der Waals surface area contributed by atoms with Gasteiger partial charge in [0, 0.05) is 18.8 Å². The normalized spacial score (nSPS) is 22.7. The van der Waals surface area contributed by atoms with Crippen LogP contribution in [0, 0.1) is 5.92 Å². The van der Waals surface area contributed by atoms with E-state index in [1.807, 2.05) is 0 Å². The van der Waals surface area contributed by atoms with Gasteiger partial charge in [0.05, 0.1) is 0 Å². The molecule has 0 spiro atoms. The van der Waals surface area contributed by atoms with Crippen LogP contribution in [-0.2, 0) is 4.79 Å². The minimum atomic E-state index is -2.55. The van der Waals surface area contributed by atoms with E-state index in [1.165, 1.54) is 0 Å². The Hall–Kier alpha value is -0.730. The zero-order chi connectivity index (χ0) is 10.1. The highest BCUT2D eigenvalue weighted by atomic mass is 19.3. The molecule has 0 bridgehead atoms. The molecule has 1 saturated carbocycles. The first-order chi connectivity index (χ1) is 5.92. The average molecular weight is 188 g/mol. The molecule has 3 heteroatoms. The van der Waals surface area contributed by atoms with Crippen LogP contribution in [0.15, 0.2) is 12.2 Å². The number of allylic oxidation sites excluding steroid dienone is 1. The second-order valence-electron chi connectivity index (χ2n) is 3.77. The van der Waals surface area contributed by atoms with E-state index in [9.17, 15) is 13.6 Å². The third-order valence-corrected chi connectivity index (χ3v) is 2.51. The number of hydrogen-bond acceptors (Lipinski definition) is 1. The molecule has 13 heavy (non-hydrogen) atoms. The summed E-state index contributed by atoms with van der Waals surface area (Å²) in [7, 11) is 0. The highest BCUT2D eigenvalue weighted by Gasteiger charge is 2.37. The molecular weight excluding hydrogens is 174 g/mol. The Balaban J connectivity index is 2.50. The lowest BCUT2D eigenvalue weighted by atomic mass is 9.82. The molecule has 0 amide bonds. The van der Waals surface area contributed by atoms with Crippen molar-refractivity contribution >= 4 is 5.78 Å². The zero-order valence-electron chi connectivity index (χ0n) is 7.78. The molecule has 0 radical (unpaired) electrons. The van der Waals surface area contributed by atoms with Crippen molar-refractivity contribution in [1.29, 1.82) is 0 Å². The summed E-state index contributed by atoms with van der Waals surface area (Å²) < 4.78 is 25.4. The summed E-state index contributed by atoms with van der Waals surface area (Å²) in [4.78, 5) is 11.4. The summed E-state index contributed by atoms with van der Waals surface area (Å²) >= 11 is 0. The minimum Gasteiger partial charge on any atom is -0.294 e. The molecule has 74 valence electrons. The third kappa shape index (κ3) is 2.61. The lowest BCUT2D eigenvalue weighted by Gasteiger charge is -2.27. The van der Waals surface area contributed by atoms with Crippen LogP contribution >= 0.6 is 0 Å². The van der Waals surface area contributed by atoms with Gasteiger partial charge in [-0.25, -0.2) is 8.78 Å². The molecule has 0 unspecified atom stereocenters. The molecule has 1 fully saturated rings. The lowest BCUT2D eigenvalue weighted by Crippen LogP contribution is -2.28. The summed E-state index contributed by atoms with van der Waals surface area (Å²) in [6.07, 6.45) is 0.296. The van der Waals surface area contributed by atoms with E-state index < -0.39 is 5.92 Å². The highest BCUT2D eigenvalue weighted by molar-refractivity contribution is 5.96. The average Bonchev–Trinajstić information content (AvgIpc) is 2.03. The van der Waals surface area contributed by atoms with E-state index in [0.717, 1.165) is 0 Å². The molecule has 1 aliphatic rings. The summed E-state index contributed by atoms with van der Waals surface area (Å²) in [5, 5.41) is 0. The van der Waals surface area contributed by atoms with E-state index in [-0.39, 0.29) is 24.5 Å². The first-order valence-corrected chi connectivity index (χ1v) is 4.50. The van der Waals surface area contributed by atoms with Crippen LogP contribution in [0.5, 0.6) is 0 Å². The number of ketones is 1. The van der Waals surface area contributed by atoms with Gasteiger partial charge in [0.1, 0.15) is 0 Å². The van der Waals surface area contributed by atoms with Crippen molar-refractivity contribution in [3.63, 3.8) is 0 Å². The predicted molar refractivity (Wildman–Crippen MR) is 46.7 cm³/mol. The first kappa shape index (κ1) is 10.4. The fourth-order valence-electron chi connectivity index (χ4n) is 1.65. The summed E-state index contributed by atoms with van der Waals surface area (Å²) in [5.41, 5.74) is 0.482. The summed E-state index contributed by atoms with van der Waals surface area (Å²) in [6.45, 7) is 5.16. The van der Waals surface area contributed by atoms with E-state index in [0.29, 0.717) is 18.4 Å². The number of carbonyl (C=O) groups is 1. The van der Waals surface area contributed by atoms with Gasteiger partial charge in [-0.1, -0.05) is 6.58 Å². The molecule has 0 N–H and O–H groups in total. The van der Waals surface area contributed by atoms with Gasteiger partial charge in [0.25, 0.3) is 0 Å². The Kier molecular flexibility index (Phi) is 2.84. The Morgan fingerprint density at radius 3 is 2.23 bits per heavy atom. The van der Waals surface area contributed by atoms with Gasteiger partial charge in [-0.2, -0.15) is 0 Å². The van der Waals surface area contributed by atoms with Gasteiger partial charge in [-0.3, -0.25) is 4.79 Å². The van der Waals surface area contributed by atoms with Crippen molar-refractivity contribution in [2.45, 2.75) is 38.5 Å². The fraction of sp³-hybridized carbons (Fsp3) is 0.700. The van der Waals surface area contributed by atoms with Crippen molar-refractivity contribution < 1.29 is 13.6 Å². The SMILES string of the molecule is C=C(C)C(=O)C1CCC(F)(F)CC1. The van der Waals surface area contributed by atoms with Crippen LogP contribution in [0.4, 0.5) is 8.78 Å². The molecule has 1 aliphatic carbocycles. The summed E-state index contributed by atoms with van der Waals surface area (Å²) in [6, 6.07) is 0. The molecule has 0 saturated heterocycles. The molecule has 0 aromatic heterocycles. The van der Waals surface area contributed by atoms with Crippen molar-refractivity contribution in [3.8, 4) is 0 Å². The van der Waals surface area contributed by atoms with Crippen molar-refractivity contribution in [2.24, 2.45) is 5.92 Å². The molecule has 0 heterocycles. The Morgan fingerprint density at radius 2 is 1.85 bits per heavy atom. The number of rotatable bonds is 2. The predicted octanol–water partition coefficient (Wildman–Crippen LogP) is 2.96. The Morgan fingerprint density at radius 1 is 1.38 bits per heavy atom. The number of carbonyl (C=O) groups excluding carboxylic acids is 1. The number of halogens is 2. The molecular formula is C10H14F2O. The third-order valence-electron chi connectivity index (χ3n) is 2.51. The quantitative estimate of drug-likeness (QED) is 0.609. The van der Waals surface area contributed by atoms with Crippen molar-refractivity contribution in [3.05, 3.63) is 12.2 Å². The van der Waals surface area contributed by atoms with E-state index in [4.69, 9.17) is 0 Å². The number of alkyl halides is 2. The number of hydrogen-bond donors (Lipinski definition) is 0. The van der Waals surface area contributed by atoms with E-state index >= 15 is 0 Å². The molecule has 1 rings (SSSR count). The van der Waals surface area contributed by atoms with Crippen LogP contribution in [0.1, 0.15) is 32.6 Å². The summed E-state index contributed by atoms with van der Waals surface area (Å²) in [5.74, 6) is -2.81. The Labute approximate surface area is 76.8 Å². The molecule has 1 nitrogen and oxygen atoms in total. The molecule has 0 atom stereocenters. The van der Waals surface area contributed by atoms with Gasteiger partial charge < -0.3 is 0 Å². The lowest BCUT2D eigenvalue weighted by molar-refractivity contribution is -0.123. The van der Waals surface area contributed by atoms with Gasteiger partial charge in [0.2, 0.25) is 5.92 Å². The highest BCUT2D eigenvalue weighted by Crippen LogP contribution is 2.37. The van der Waals surface area contributed by atoms with Crippen molar-refractivity contribution in [1.82, 2.24) is 0 Å².